The molecule has 13 nitrogen and oxygen atoms in total. The minimum atomic E-state index is -1.71. The second kappa shape index (κ2) is 16.2. The van der Waals surface area contributed by atoms with E-state index in [1.54, 1.807) is 0 Å². The van der Waals surface area contributed by atoms with Gasteiger partial charge in [0.15, 0.2) is 6.04 Å². The highest BCUT2D eigenvalue weighted by Crippen LogP contribution is 2.06. The molecule has 0 spiro atoms. The van der Waals surface area contributed by atoms with Crippen LogP contribution in [0.3, 0.4) is 0 Å². The van der Waals surface area contributed by atoms with Gasteiger partial charge in [-0.15, -0.1) is 0 Å². The molecule has 14 heteroatoms. The van der Waals surface area contributed by atoms with Crippen LogP contribution in [0.5, 0.6) is 0 Å². The molecule has 190 valence electrons. The van der Waals surface area contributed by atoms with Gasteiger partial charge in [-0.3, -0.25) is 19.2 Å². The molecule has 5 unspecified atom stereocenters. The maximum atomic E-state index is 12.8. The lowest BCUT2D eigenvalue weighted by atomic mass is 10.1. The molecular weight excluding hydrogens is 458 g/mol. The van der Waals surface area contributed by atoms with Gasteiger partial charge in [-0.25, -0.2) is 4.79 Å². The number of carboxylic acids is 2. The first-order valence-electron chi connectivity index (χ1n) is 10.4. The molecule has 0 aliphatic carbocycles. The predicted molar refractivity (Wildman–Crippen MR) is 121 cm³/mol. The highest BCUT2D eigenvalue weighted by molar-refractivity contribution is 7.98. The van der Waals surface area contributed by atoms with Crippen LogP contribution in [0.2, 0.25) is 0 Å². The molecule has 0 saturated heterocycles. The highest BCUT2D eigenvalue weighted by atomic mass is 32.2. The Morgan fingerprint density at radius 2 is 1.48 bits per heavy atom. The predicted octanol–water partition coefficient (Wildman–Crippen LogP) is -2.41. The van der Waals surface area contributed by atoms with E-state index < -0.39 is 66.4 Å². The first kappa shape index (κ1) is 30.6. The van der Waals surface area contributed by atoms with Gasteiger partial charge in [-0.1, -0.05) is 0 Å². The molecule has 0 saturated carbocycles. The van der Waals surface area contributed by atoms with E-state index in [9.17, 15) is 29.1 Å². The summed E-state index contributed by atoms with van der Waals surface area (Å²) in [7, 11) is 0. The van der Waals surface area contributed by atoms with E-state index in [0.29, 0.717) is 31.6 Å². The van der Waals surface area contributed by atoms with Crippen LogP contribution in [0, 0.1) is 0 Å². The number of carbonyl (C=O) groups is 5. The molecule has 0 aliphatic heterocycles. The first-order valence-corrected chi connectivity index (χ1v) is 11.8. The van der Waals surface area contributed by atoms with Gasteiger partial charge in [-0.2, -0.15) is 11.8 Å². The van der Waals surface area contributed by atoms with E-state index in [-0.39, 0.29) is 6.42 Å². The number of unbranched alkanes of at least 4 members (excludes halogenated alkanes) is 1. The van der Waals surface area contributed by atoms with Crippen LogP contribution in [0.4, 0.5) is 0 Å². The smallest absolute Gasteiger partial charge is 0.328 e. The summed E-state index contributed by atoms with van der Waals surface area (Å²) < 4.78 is 0. The van der Waals surface area contributed by atoms with Gasteiger partial charge in [-0.05, 0) is 51.2 Å². The summed E-state index contributed by atoms with van der Waals surface area (Å²) in [5.41, 5.74) is 11.3. The Morgan fingerprint density at radius 1 is 0.909 bits per heavy atom. The zero-order chi connectivity index (χ0) is 25.6. The van der Waals surface area contributed by atoms with Gasteiger partial charge < -0.3 is 42.7 Å². The van der Waals surface area contributed by atoms with Gasteiger partial charge in [0.2, 0.25) is 17.7 Å². The lowest BCUT2D eigenvalue weighted by Gasteiger charge is -2.25. The molecular formula is C19H35N5O8S. The van der Waals surface area contributed by atoms with Crippen molar-refractivity contribution in [3.63, 3.8) is 0 Å². The molecule has 0 aromatic carbocycles. The van der Waals surface area contributed by atoms with Crippen LogP contribution in [0.15, 0.2) is 0 Å². The number of amides is 3. The largest absolute Gasteiger partial charge is 0.481 e. The van der Waals surface area contributed by atoms with E-state index in [2.05, 4.69) is 10.6 Å². The van der Waals surface area contributed by atoms with Crippen molar-refractivity contribution in [2.24, 2.45) is 11.5 Å². The van der Waals surface area contributed by atoms with E-state index in [4.69, 9.17) is 21.7 Å². The average molecular weight is 494 g/mol. The van der Waals surface area contributed by atoms with Crippen molar-refractivity contribution in [3.05, 3.63) is 0 Å². The third kappa shape index (κ3) is 12.4. The van der Waals surface area contributed by atoms with Crippen LogP contribution in [0.25, 0.3) is 0 Å². The third-order valence-corrected chi connectivity index (χ3v) is 5.25. The Morgan fingerprint density at radius 3 is 1.97 bits per heavy atom. The van der Waals surface area contributed by atoms with Crippen molar-refractivity contribution in [3.8, 4) is 0 Å². The number of aliphatic carboxylic acids is 2. The van der Waals surface area contributed by atoms with Crippen LogP contribution < -0.4 is 27.4 Å². The topological polar surface area (TPSA) is 234 Å². The number of carbonyl (C=O) groups excluding carboxylic acids is 3. The maximum absolute atomic E-state index is 12.8. The van der Waals surface area contributed by atoms with Crippen molar-refractivity contribution in [1.29, 1.82) is 0 Å². The molecule has 10 N–H and O–H groups in total. The van der Waals surface area contributed by atoms with Gasteiger partial charge in [0.1, 0.15) is 12.1 Å². The Balaban J connectivity index is 5.47. The number of carboxylic acid groups (broad SMARTS) is 2. The molecule has 0 bridgehead atoms. The zero-order valence-electron chi connectivity index (χ0n) is 18.8. The van der Waals surface area contributed by atoms with Crippen LogP contribution in [-0.4, -0.2) is 93.8 Å². The van der Waals surface area contributed by atoms with Crippen molar-refractivity contribution in [1.82, 2.24) is 16.0 Å². The minimum absolute atomic E-state index is 0.164. The van der Waals surface area contributed by atoms with Gasteiger partial charge in [0.05, 0.1) is 18.6 Å². The fraction of sp³-hybridized carbons (Fsp3) is 0.737. The minimum Gasteiger partial charge on any atom is -0.481 e. The summed E-state index contributed by atoms with van der Waals surface area (Å²) in [6, 6.07) is -5.32. The molecule has 0 aromatic heterocycles. The molecule has 0 heterocycles. The Kier molecular flexibility index (Phi) is 15.0. The number of hydrogen-bond donors (Lipinski definition) is 8. The Hall–Kier alpha value is -2.42. The monoisotopic (exact) mass is 493 g/mol. The van der Waals surface area contributed by atoms with Crippen LogP contribution >= 0.6 is 11.8 Å². The molecule has 0 fully saturated rings. The maximum Gasteiger partial charge on any atom is 0.328 e. The van der Waals surface area contributed by atoms with Crippen molar-refractivity contribution < 1.29 is 39.3 Å². The van der Waals surface area contributed by atoms with Gasteiger partial charge in [0, 0.05) is 0 Å². The fourth-order valence-electron chi connectivity index (χ4n) is 2.72. The fourth-order valence-corrected chi connectivity index (χ4v) is 3.20. The summed E-state index contributed by atoms with van der Waals surface area (Å²) >= 11 is 1.50. The number of rotatable bonds is 17. The van der Waals surface area contributed by atoms with Gasteiger partial charge >= 0.3 is 11.9 Å². The second-order valence-corrected chi connectivity index (χ2v) is 8.44. The standard InChI is InChI=1S/C19H35N5O8S/c1-10(25)15(19(31)32)24-18(30)13(9-14(26)27)23-17(29)12(5-3-4-7-20)22-16(28)11(21)6-8-33-2/h10-13,15,25H,3-9,20-21H2,1-2H3,(H,22,28)(H,23,29)(H,24,30)(H,26,27)(H,31,32). The van der Waals surface area contributed by atoms with Crippen LogP contribution in [-0.2, 0) is 24.0 Å². The number of aliphatic hydroxyl groups is 1. The van der Waals surface area contributed by atoms with Crippen molar-refractivity contribution in [2.75, 3.05) is 18.6 Å². The second-order valence-electron chi connectivity index (χ2n) is 7.46. The van der Waals surface area contributed by atoms with E-state index >= 15 is 0 Å². The van der Waals surface area contributed by atoms with Crippen LogP contribution in [0.1, 0.15) is 39.0 Å². The number of nitrogens with one attached hydrogen (secondary N) is 3. The lowest BCUT2D eigenvalue weighted by Crippen LogP contribution is -2.58. The summed E-state index contributed by atoms with van der Waals surface area (Å²) in [6.07, 6.45) is 1.10. The molecule has 3 amide bonds. The number of aliphatic hydroxyl groups excluding tert-OH is 1. The first-order chi connectivity index (χ1) is 15.4. The number of hydrogen-bond acceptors (Lipinski definition) is 9. The summed E-state index contributed by atoms with van der Waals surface area (Å²) in [4.78, 5) is 60.1. The summed E-state index contributed by atoms with van der Waals surface area (Å²) in [5.74, 6) is -4.85. The quantitative estimate of drug-likeness (QED) is 0.0993. The van der Waals surface area contributed by atoms with E-state index in [1.165, 1.54) is 11.8 Å². The zero-order valence-corrected chi connectivity index (χ0v) is 19.6. The van der Waals surface area contributed by atoms with E-state index in [1.807, 2.05) is 11.6 Å². The van der Waals surface area contributed by atoms with Crippen molar-refractivity contribution in [2.45, 2.75) is 69.3 Å². The Bertz CT molecular complexity index is 679. The SMILES string of the molecule is CSCCC(N)C(=O)NC(CCCCN)C(=O)NC(CC(=O)O)C(=O)NC(C(=O)O)C(C)O. The third-order valence-electron chi connectivity index (χ3n) is 4.61. The summed E-state index contributed by atoms with van der Waals surface area (Å²) in [6.45, 7) is 1.49. The molecule has 0 aromatic rings. The normalized spacial score (nSPS) is 15.4. The molecule has 33 heavy (non-hydrogen) atoms. The van der Waals surface area contributed by atoms with Crippen molar-refractivity contribution >= 4 is 41.4 Å². The molecule has 5 atom stereocenters. The highest BCUT2D eigenvalue weighted by Gasteiger charge is 2.32. The van der Waals surface area contributed by atoms with E-state index in [0.717, 1.165) is 6.92 Å². The summed E-state index contributed by atoms with van der Waals surface area (Å²) in [5, 5.41) is 34.5. The Labute approximate surface area is 196 Å². The lowest BCUT2D eigenvalue weighted by molar-refractivity contribution is -0.146. The number of nitrogens with two attached hydrogens (primary N) is 2. The molecule has 0 rings (SSSR count). The molecule has 0 radical (unpaired) electrons. The number of thioether (sulfide) groups is 1. The van der Waals surface area contributed by atoms with Gasteiger partial charge in [0.25, 0.3) is 0 Å². The average Bonchev–Trinajstić information content (AvgIpc) is 2.73. The molecule has 0 aliphatic rings.